The lowest BCUT2D eigenvalue weighted by Crippen LogP contribution is -2.43. The summed E-state index contributed by atoms with van der Waals surface area (Å²) in [5.41, 5.74) is 0. The van der Waals surface area contributed by atoms with Gasteiger partial charge in [-0.3, -0.25) is 4.79 Å². The zero-order valence-corrected chi connectivity index (χ0v) is 12.3. The first-order valence-corrected chi connectivity index (χ1v) is 7.23. The zero-order valence-electron chi connectivity index (χ0n) is 11.5. The summed E-state index contributed by atoms with van der Waals surface area (Å²) in [6, 6.07) is 0. The molecule has 1 N–H and O–H groups in total. The fourth-order valence-corrected chi connectivity index (χ4v) is 1.77. The average molecular weight is 296 g/mol. The Labute approximate surface area is 113 Å². The first-order valence-electron chi connectivity index (χ1n) is 5.79. The number of hydrogen-bond donors (Lipinski definition) is 1. The van der Waals surface area contributed by atoms with Crippen LogP contribution in [0.3, 0.4) is 0 Å². The molecule has 0 unspecified atom stereocenters. The van der Waals surface area contributed by atoms with Gasteiger partial charge < -0.3 is 9.47 Å². The summed E-state index contributed by atoms with van der Waals surface area (Å²) in [4.78, 5) is 22.3. The number of nitrogens with zero attached hydrogens (tertiary/aromatic N) is 1. The van der Waals surface area contributed by atoms with E-state index in [1.165, 1.54) is 7.05 Å². The highest BCUT2D eigenvalue weighted by atomic mass is 32.2. The first-order chi connectivity index (χ1) is 8.69. The molecule has 112 valence electrons. The molecule has 0 bridgehead atoms. The molecule has 0 radical (unpaired) electrons. The van der Waals surface area contributed by atoms with Crippen LogP contribution in [0.5, 0.6) is 0 Å². The Morgan fingerprint density at radius 1 is 1.32 bits per heavy atom. The molecule has 0 atom stereocenters. The van der Waals surface area contributed by atoms with Crippen molar-refractivity contribution < 1.29 is 27.5 Å². The topological polar surface area (TPSA) is 102 Å². The zero-order chi connectivity index (χ0) is 15.1. The third kappa shape index (κ3) is 7.62. The van der Waals surface area contributed by atoms with Crippen LogP contribution < -0.4 is 4.72 Å². The van der Waals surface area contributed by atoms with Crippen LogP contribution in [0.25, 0.3) is 0 Å². The van der Waals surface area contributed by atoms with Crippen LogP contribution in [-0.4, -0.2) is 51.1 Å². The maximum Gasteiger partial charge on any atom is 0.422 e. The van der Waals surface area contributed by atoms with Gasteiger partial charge in [-0.15, -0.1) is 0 Å². The molecule has 0 saturated carbocycles. The molecule has 0 aliphatic heterocycles. The van der Waals surface area contributed by atoms with Crippen molar-refractivity contribution in [2.24, 2.45) is 0 Å². The highest BCUT2D eigenvalue weighted by Gasteiger charge is 2.22. The largest absolute Gasteiger partial charge is 0.466 e. The highest BCUT2D eigenvalue weighted by Crippen LogP contribution is 1.99. The van der Waals surface area contributed by atoms with Crippen LogP contribution in [0.1, 0.15) is 27.2 Å². The summed E-state index contributed by atoms with van der Waals surface area (Å²) in [6.45, 7) is 4.98. The predicted molar refractivity (Wildman–Crippen MR) is 67.6 cm³/mol. The Balaban J connectivity index is 4.32. The fraction of sp³-hybridized carbons (Fsp3) is 0.800. The predicted octanol–water partition coefficient (Wildman–Crippen LogP) is 0.251. The molecule has 0 rings (SSSR count). The van der Waals surface area contributed by atoms with Crippen molar-refractivity contribution in [2.75, 3.05) is 20.2 Å². The van der Waals surface area contributed by atoms with Crippen LogP contribution in [0.2, 0.25) is 0 Å². The number of hydrogen-bond acceptors (Lipinski definition) is 6. The van der Waals surface area contributed by atoms with E-state index in [2.05, 4.69) is 9.47 Å². The van der Waals surface area contributed by atoms with Gasteiger partial charge in [0, 0.05) is 13.6 Å². The van der Waals surface area contributed by atoms with Gasteiger partial charge in [0.15, 0.2) is 0 Å². The Kier molecular flexibility index (Phi) is 7.38. The minimum Gasteiger partial charge on any atom is -0.466 e. The average Bonchev–Trinajstić information content (AvgIpc) is 2.24. The molecular weight excluding hydrogens is 276 g/mol. The van der Waals surface area contributed by atoms with Crippen molar-refractivity contribution in [3.63, 3.8) is 0 Å². The summed E-state index contributed by atoms with van der Waals surface area (Å²) >= 11 is 0. The van der Waals surface area contributed by atoms with Crippen LogP contribution in [0, 0.1) is 0 Å². The Morgan fingerprint density at radius 3 is 2.37 bits per heavy atom. The second kappa shape index (κ2) is 7.95. The molecule has 1 amide bonds. The molecule has 0 fully saturated rings. The summed E-state index contributed by atoms with van der Waals surface area (Å²) in [6.07, 6.45) is -1.58. The number of rotatable bonds is 7. The van der Waals surface area contributed by atoms with Gasteiger partial charge in [0.05, 0.1) is 19.1 Å². The number of ether oxygens (including phenoxy) is 2. The van der Waals surface area contributed by atoms with Crippen molar-refractivity contribution in [3.8, 4) is 0 Å². The number of nitrogens with one attached hydrogen (secondary N) is 1. The Bertz CT molecular complexity index is 406. The van der Waals surface area contributed by atoms with Crippen molar-refractivity contribution >= 4 is 22.3 Å². The maximum atomic E-state index is 11.7. The number of carbonyl (C=O) groups excluding carboxylic acids is 2. The third-order valence-electron chi connectivity index (χ3n) is 1.90. The molecule has 0 aromatic rings. The Morgan fingerprint density at radius 2 is 1.89 bits per heavy atom. The van der Waals surface area contributed by atoms with E-state index in [9.17, 15) is 18.0 Å². The van der Waals surface area contributed by atoms with E-state index in [1.807, 2.05) is 0 Å². The van der Waals surface area contributed by atoms with E-state index in [0.29, 0.717) is 0 Å². The normalized spacial score (nSPS) is 11.5. The van der Waals surface area contributed by atoms with Gasteiger partial charge in [-0.2, -0.15) is 12.7 Å². The standard InChI is InChI=1S/C10H20N2O6S/c1-5-17-9(13)6-7-12(4)19(15,16)11-10(14)18-8(2)3/h8H,5-7H2,1-4H3,(H,11,14). The second-order valence-electron chi connectivity index (χ2n) is 3.94. The Hall–Kier alpha value is -1.35. The van der Waals surface area contributed by atoms with Crippen molar-refractivity contribution in [1.29, 1.82) is 0 Å². The van der Waals surface area contributed by atoms with Gasteiger partial charge in [-0.05, 0) is 20.8 Å². The molecule has 0 aromatic heterocycles. The molecule has 0 aromatic carbocycles. The van der Waals surface area contributed by atoms with Crippen LogP contribution in [0.4, 0.5) is 4.79 Å². The van der Waals surface area contributed by atoms with Crippen molar-refractivity contribution in [1.82, 2.24) is 9.03 Å². The van der Waals surface area contributed by atoms with Gasteiger partial charge in [0.25, 0.3) is 0 Å². The lowest BCUT2D eigenvalue weighted by atomic mass is 10.4. The quantitative estimate of drug-likeness (QED) is 0.676. The van der Waals surface area contributed by atoms with E-state index in [1.54, 1.807) is 25.5 Å². The van der Waals surface area contributed by atoms with Crippen molar-refractivity contribution in [3.05, 3.63) is 0 Å². The van der Waals surface area contributed by atoms with Gasteiger partial charge in [0.2, 0.25) is 0 Å². The molecule has 0 saturated heterocycles. The number of esters is 1. The SMILES string of the molecule is CCOC(=O)CCN(C)S(=O)(=O)NC(=O)OC(C)C. The minimum absolute atomic E-state index is 0.0928. The molecule has 0 heterocycles. The van der Waals surface area contributed by atoms with Crippen LogP contribution in [-0.2, 0) is 24.5 Å². The highest BCUT2D eigenvalue weighted by molar-refractivity contribution is 7.87. The first kappa shape index (κ1) is 17.6. The van der Waals surface area contributed by atoms with E-state index < -0.39 is 28.4 Å². The summed E-state index contributed by atoms with van der Waals surface area (Å²) < 4.78 is 35.2. The molecule has 0 aliphatic carbocycles. The second-order valence-corrected chi connectivity index (χ2v) is 5.72. The summed E-state index contributed by atoms with van der Waals surface area (Å²) in [5, 5.41) is 0. The molecule has 9 heteroatoms. The van der Waals surface area contributed by atoms with Gasteiger partial charge >= 0.3 is 22.3 Å². The molecule has 8 nitrogen and oxygen atoms in total. The van der Waals surface area contributed by atoms with Crippen LogP contribution in [0.15, 0.2) is 0 Å². The molecule has 19 heavy (non-hydrogen) atoms. The smallest absolute Gasteiger partial charge is 0.422 e. The number of carbonyl (C=O) groups is 2. The van der Waals surface area contributed by atoms with Gasteiger partial charge in [-0.1, -0.05) is 0 Å². The molecule has 0 aliphatic rings. The minimum atomic E-state index is -4.01. The monoisotopic (exact) mass is 296 g/mol. The van der Waals surface area contributed by atoms with E-state index in [4.69, 9.17) is 0 Å². The van der Waals surface area contributed by atoms with Gasteiger partial charge in [0.1, 0.15) is 0 Å². The van der Waals surface area contributed by atoms with Gasteiger partial charge in [-0.25, -0.2) is 9.52 Å². The van der Waals surface area contributed by atoms with Crippen LogP contribution >= 0.6 is 0 Å². The summed E-state index contributed by atoms with van der Waals surface area (Å²) in [5.74, 6) is -0.505. The van der Waals surface area contributed by atoms with E-state index >= 15 is 0 Å². The summed E-state index contributed by atoms with van der Waals surface area (Å²) in [7, 11) is -2.77. The lowest BCUT2D eigenvalue weighted by Gasteiger charge is -2.17. The number of amides is 1. The third-order valence-corrected chi connectivity index (χ3v) is 3.33. The van der Waals surface area contributed by atoms with E-state index in [-0.39, 0.29) is 19.6 Å². The fourth-order valence-electron chi connectivity index (χ4n) is 1.02. The molecule has 0 spiro atoms. The lowest BCUT2D eigenvalue weighted by molar-refractivity contribution is -0.143. The van der Waals surface area contributed by atoms with Crippen molar-refractivity contribution in [2.45, 2.75) is 33.3 Å². The molecular formula is C10H20N2O6S. The maximum absolute atomic E-state index is 11.7. The van der Waals surface area contributed by atoms with E-state index in [0.717, 1.165) is 4.31 Å².